The summed E-state index contributed by atoms with van der Waals surface area (Å²) in [6.45, 7) is 4.09. The maximum atomic E-state index is 10.2. The molecule has 0 atom stereocenters. The summed E-state index contributed by atoms with van der Waals surface area (Å²) in [6, 6.07) is 3.78. The Labute approximate surface area is 153 Å². The summed E-state index contributed by atoms with van der Waals surface area (Å²) >= 11 is 5.20. The number of aromatic nitrogens is 2. The van der Waals surface area contributed by atoms with E-state index in [0.717, 1.165) is 40.9 Å². The van der Waals surface area contributed by atoms with Gasteiger partial charge in [0.15, 0.2) is 11.5 Å². The van der Waals surface area contributed by atoms with Gasteiger partial charge < -0.3 is 9.84 Å². The second-order valence-corrected chi connectivity index (χ2v) is 8.01. The average Bonchev–Trinajstić information content (AvgIpc) is 3.17. The van der Waals surface area contributed by atoms with E-state index in [-0.39, 0.29) is 5.75 Å². The molecular formula is C16H11IN2O2S2. The number of ether oxygens (including phenoxy) is 1. The number of fused-ring (bicyclic) bond motifs is 2. The molecule has 4 nitrogen and oxygen atoms in total. The number of benzene rings is 2. The molecule has 0 unspecified atom stereocenters. The van der Waals surface area contributed by atoms with Crippen LogP contribution < -0.4 is 4.74 Å². The molecule has 0 radical (unpaired) electrons. The van der Waals surface area contributed by atoms with Gasteiger partial charge in [-0.15, -0.1) is 22.7 Å². The Morgan fingerprint density at radius 1 is 1.09 bits per heavy atom. The molecule has 7 heteroatoms. The summed E-state index contributed by atoms with van der Waals surface area (Å²) in [6.07, 6.45) is 0. The van der Waals surface area contributed by atoms with Crippen LogP contribution in [0.3, 0.4) is 0 Å². The molecule has 0 saturated carbocycles. The van der Waals surface area contributed by atoms with E-state index >= 15 is 0 Å². The highest BCUT2D eigenvalue weighted by Crippen LogP contribution is 2.42. The van der Waals surface area contributed by atoms with Crippen molar-refractivity contribution in [3.8, 4) is 17.2 Å². The molecule has 23 heavy (non-hydrogen) atoms. The molecule has 0 aliphatic heterocycles. The first-order valence-corrected chi connectivity index (χ1v) is 9.66. The summed E-state index contributed by atoms with van der Waals surface area (Å²) in [4.78, 5) is 8.77. The Balaban J connectivity index is 1.95. The van der Waals surface area contributed by atoms with Crippen molar-refractivity contribution in [2.24, 2.45) is 0 Å². The van der Waals surface area contributed by atoms with Gasteiger partial charge in [0.05, 0.1) is 24.0 Å². The molecule has 0 saturated heterocycles. The lowest BCUT2D eigenvalue weighted by atomic mass is 10.1. The van der Waals surface area contributed by atoms with E-state index in [0.29, 0.717) is 5.75 Å². The molecule has 0 aliphatic carbocycles. The highest BCUT2D eigenvalue weighted by atomic mass is 127. The van der Waals surface area contributed by atoms with Crippen molar-refractivity contribution in [1.29, 1.82) is 0 Å². The second-order valence-electron chi connectivity index (χ2n) is 5.19. The van der Waals surface area contributed by atoms with Gasteiger partial charge in [0, 0.05) is 6.07 Å². The van der Waals surface area contributed by atoms with Crippen LogP contribution in [0, 0.1) is 17.4 Å². The number of aromatic hydroxyl groups is 1. The predicted octanol–water partition coefficient (Wildman–Crippen LogP) is 5.63. The van der Waals surface area contributed by atoms with Crippen LogP contribution >= 0.6 is 45.3 Å². The summed E-state index contributed by atoms with van der Waals surface area (Å²) in [7, 11) is 0. The van der Waals surface area contributed by atoms with Crippen LogP contribution in [0.4, 0.5) is 0 Å². The molecule has 4 rings (SSSR count). The minimum atomic E-state index is 0.179. The fourth-order valence-corrected chi connectivity index (χ4v) is 4.72. The molecule has 0 spiro atoms. The van der Waals surface area contributed by atoms with Crippen LogP contribution in [0.2, 0.25) is 0 Å². The Hall–Kier alpha value is -1.45. The van der Waals surface area contributed by atoms with Crippen LogP contribution in [0.5, 0.6) is 17.2 Å². The van der Waals surface area contributed by atoms with Crippen LogP contribution in [-0.4, -0.2) is 15.1 Å². The number of aryl methyl sites for hydroxylation is 1. The van der Waals surface area contributed by atoms with Crippen LogP contribution in [0.25, 0.3) is 20.4 Å². The van der Waals surface area contributed by atoms with E-state index < -0.39 is 0 Å². The molecule has 0 bridgehead atoms. The number of halogens is 1. The lowest BCUT2D eigenvalue weighted by molar-refractivity contribution is 0.457. The van der Waals surface area contributed by atoms with Crippen molar-refractivity contribution in [1.82, 2.24) is 9.97 Å². The van der Waals surface area contributed by atoms with Gasteiger partial charge in [-0.1, -0.05) is 0 Å². The lowest BCUT2D eigenvalue weighted by Crippen LogP contribution is -1.93. The minimum absolute atomic E-state index is 0.179. The van der Waals surface area contributed by atoms with E-state index in [9.17, 15) is 5.11 Å². The normalized spacial score (nSPS) is 11.4. The van der Waals surface area contributed by atoms with Crippen LogP contribution in [0.15, 0.2) is 23.2 Å². The Bertz CT molecular complexity index is 1060. The third kappa shape index (κ3) is 2.38. The highest BCUT2D eigenvalue weighted by Gasteiger charge is 2.18. The number of hydrogen-bond donors (Lipinski definition) is 1. The van der Waals surface area contributed by atoms with Gasteiger partial charge in [0.1, 0.15) is 16.8 Å². The van der Waals surface area contributed by atoms with Crippen LogP contribution in [0.1, 0.15) is 11.1 Å². The molecule has 0 aliphatic rings. The van der Waals surface area contributed by atoms with Crippen molar-refractivity contribution in [2.45, 2.75) is 13.8 Å². The van der Waals surface area contributed by atoms with Gasteiger partial charge >= 0.3 is 0 Å². The molecule has 2 aromatic heterocycles. The van der Waals surface area contributed by atoms with E-state index in [1.165, 1.54) is 11.3 Å². The number of phenols is 1. The fourth-order valence-electron chi connectivity index (χ4n) is 2.45. The Kier molecular flexibility index (Phi) is 3.66. The number of nitrogens with zero attached hydrogens (tertiary/aromatic N) is 2. The summed E-state index contributed by atoms with van der Waals surface area (Å²) in [5.41, 5.74) is 7.43. The minimum Gasteiger partial charge on any atom is -0.507 e. The quantitative estimate of drug-likeness (QED) is 0.399. The van der Waals surface area contributed by atoms with Crippen molar-refractivity contribution in [3.05, 3.63) is 37.9 Å². The second kappa shape index (κ2) is 5.57. The zero-order valence-electron chi connectivity index (χ0n) is 12.3. The van der Waals surface area contributed by atoms with Crippen molar-refractivity contribution in [2.75, 3.05) is 0 Å². The van der Waals surface area contributed by atoms with E-state index in [1.54, 1.807) is 22.9 Å². The van der Waals surface area contributed by atoms with Gasteiger partial charge in [-0.2, -0.15) is 0 Å². The molecular weight excluding hydrogens is 443 g/mol. The maximum Gasteiger partial charge on any atom is 0.157 e. The zero-order valence-corrected chi connectivity index (χ0v) is 16.0. The molecule has 0 amide bonds. The molecule has 116 valence electrons. The first kappa shape index (κ1) is 15.1. The summed E-state index contributed by atoms with van der Waals surface area (Å²) in [5.74, 6) is 1.54. The molecule has 1 N–H and O–H groups in total. The standard InChI is InChI=1S/C16H11IN2O2S2/c1-7-3-11-13(18-5-22-11)15(8(7)2)21-10-4-9(20)12(17)14-16(10)23-6-19-14/h3-6,20H,1-2H3. The lowest BCUT2D eigenvalue weighted by Gasteiger charge is -2.13. The third-order valence-electron chi connectivity index (χ3n) is 3.79. The van der Waals surface area contributed by atoms with E-state index in [2.05, 4.69) is 45.5 Å². The first-order chi connectivity index (χ1) is 11.1. The van der Waals surface area contributed by atoms with Crippen molar-refractivity contribution >= 4 is 65.7 Å². The molecule has 4 aromatic rings. The van der Waals surface area contributed by atoms with Crippen molar-refractivity contribution < 1.29 is 9.84 Å². The molecule has 2 heterocycles. The average molecular weight is 454 g/mol. The number of hydrogen-bond acceptors (Lipinski definition) is 6. The topological polar surface area (TPSA) is 55.2 Å². The molecule has 2 aromatic carbocycles. The van der Waals surface area contributed by atoms with E-state index in [1.807, 2.05) is 12.4 Å². The fraction of sp³-hybridized carbons (Fsp3) is 0.125. The largest absolute Gasteiger partial charge is 0.507 e. The van der Waals surface area contributed by atoms with Gasteiger partial charge in [-0.3, -0.25) is 0 Å². The van der Waals surface area contributed by atoms with Crippen LogP contribution in [-0.2, 0) is 0 Å². The predicted molar refractivity (Wildman–Crippen MR) is 103 cm³/mol. The maximum absolute atomic E-state index is 10.2. The third-order valence-corrected chi connectivity index (χ3v) is 6.47. The Morgan fingerprint density at radius 3 is 2.65 bits per heavy atom. The van der Waals surface area contributed by atoms with Gasteiger partial charge in [0.2, 0.25) is 0 Å². The Morgan fingerprint density at radius 2 is 1.83 bits per heavy atom. The smallest absolute Gasteiger partial charge is 0.157 e. The van der Waals surface area contributed by atoms with Crippen molar-refractivity contribution in [3.63, 3.8) is 0 Å². The highest BCUT2D eigenvalue weighted by molar-refractivity contribution is 14.1. The van der Waals surface area contributed by atoms with E-state index in [4.69, 9.17) is 4.74 Å². The summed E-state index contributed by atoms with van der Waals surface area (Å²) in [5, 5.41) is 10.2. The number of rotatable bonds is 2. The SMILES string of the molecule is Cc1cc2scnc2c(Oc2cc(O)c(I)c3ncsc23)c1C. The van der Waals surface area contributed by atoms with Gasteiger partial charge in [-0.05, 0) is 53.6 Å². The summed E-state index contributed by atoms with van der Waals surface area (Å²) < 4.78 is 8.98. The monoisotopic (exact) mass is 454 g/mol. The number of thiazole rings is 2. The first-order valence-electron chi connectivity index (χ1n) is 6.82. The van der Waals surface area contributed by atoms with Gasteiger partial charge in [-0.25, -0.2) is 9.97 Å². The van der Waals surface area contributed by atoms with Gasteiger partial charge in [0.25, 0.3) is 0 Å². The number of phenolic OH excluding ortho intramolecular Hbond substituents is 1. The zero-order chi connectivity index (χ0) is 16.1. The molecule has 0 fully saturated rings.